The van der Waals surface area contributed by atoms with Gasteiger partial charge in [-0.2, -0.15) is 0 Å². The Bertz CT molecular complexity index is 1140. The zero-order chi connectivity index (χ0) is 18.9. The van der Waals surface area contributed by atoms with Gasteiger partial charge in [-0.1, -0.05) is 84.9 Å². The molecule has 0 aliphatic heterocycles. The van der Waals surface area contributed by atoms with Gasteiger partial charge < -0.3 is 10.2 Å². The van der Waals surface area contributed by atoms with Crippen molar-refractivity contribution >= 4 is 10.8 Å². The lowest BCUT2D eigenvalue weighted by molar-refractivity contribution is -0.105. The molecule has 6 rings (SSSR count). The molecule has 2 heteroatoms. The first-order valence-electron chi connectivity index (χ1n) is 9.80. The maximum Gasteiger partial charge on any atom is 0.152 e. The van der Waals surface area contributed by atoms with Crippen molar-refractivity contribution in [2.45, 2.75) is 24.0 Å². The molecule has 0 fully saturated rings. The first-order chi connectivity index (χ1) is 13.7. The minimum atomic E-state index is -1.56. The molecular formula is C26H20O2. The van der Waals surface area contributed by atoms with Gasteiger partial charge in [0.2, 0.25) is 0 Å². The number of hydrogen-bond acceptors (Lipinski definition) is 2. The number of aryl methyl sites for hydroxylation is 2. The normalized spacial score (nSPS) is 24.8. The van der Waals surface area contributed by atoms with Crippen molar-refractivity contribution in [3.8, 4) is 0 Å². The fourth-order valence-electron chi connectivity index (χ4n) is 5.41. The van der Waals surface area contributed by atoms with E-state index in [4.69, 9.17) is 0 Å². The van der Waals surface area contributed by atoms with Crippen LogP contribution < -0.4 is 0 Å². The second-order valence-electron chi connectivity index (χ2n) is 7.95. The zero-order valence-electron chi connectivity index (χ0n) is 15.4. The van der Waals surface area contributed by atoms with Crippen molar-refractivity contribution in [2.24, 2.45) is 0 Å². The van der Waals surface area contributed by atoms with Crippen LogP contribution in [0.15, 0.2) is 84.9 Å². The summed E-state index contributed by atoms with van der Waals surface area (Å²) in [6, 6.07) is 27.4. The molecule has 2 nitrogen and oxygen atoms in total. The molecule has 0 heterocycles. The Morgan fingerprint density at radius 3 is 1.36 bits per heavy atom. The second-order valence-corrected chi connectivity index (χ2v) is 7.95. The molecule has 2 N–H and O–H groups in total. The molecule has 2 atom stereocenters. The van der Waals surface area contributed by atoms with Crippen molar-refractivity contribution in [1.29, 1.82) is 0 Å². The van der Waals surface area contributed by atoms with E-state index in [0.717, 1.165) is 29.4 Å². The SMILES string of the molecule is OC1(c2ccccc2)c2ccc3c4c(ccc(c24)C1(O)c1ccccc1)CC3. The molecule has 2 aliphatic rings. The van der Waals surface area contributed by atoms with E-state index >= 15 is 0 Å². The largest absolute Gasteiger partial charge is 0.377 e. The number of benzene rings is 4. The average molecular weight is 364 g/mol. The van der Waals surface area contributed by atoms with E-state index in [9.17, 15) is 10.2 Å². The molecule has 28 heavy (non-hydrogen) atoms. The van der Waals surface area contributed by atoms with Gasteiger partial charge in [0.05, 0.1) is 0 Å². The van der Waals surface area contributed by atoms with Crippen LogP contribution in [0.1, 0.15) is 33.4 Å². The first kappa shape index (κ1) is 16.1. The maximum atomic E-state index is 12.3. The molecular weight excluding hydrogens is 344 g/mol. The maximum absolute atomic E-state index is 12.3. The summed E-state index contributed by atoms with van der Waals surface area (Å²) < 4.78 is 0. The molecule has 2 unspecified atom stereocenters. The number of aliphatic hydroxyl groups is 2. The van der Waals surface area contributed by atoms with Gasteiger partial charge in [0.15, 0.2) is 11.2 Å². The quantitative estimate of drug-likeness (QED) is 0.553. The molecule has 0 saturated carbocycles. The molecule has 2 aliphatic carbocycles. The highest BCUT2D eigenvalue weighted by molar-refractivity contribution is 6.00. The molecule has 0 radical (unpaired) electrons. The summed E-state index contributed by atoms with van der Waals surface area (Å²) in [4.78, 5) is 0. The summed E-state index contributed by atoms with van der Waals surface area (Å²) in [6.07, 6.45) is 2.03. The van der Waals surface area contributed by atoms with Crippen LogP contribution in [-0.4, -0.2) is 10.2 Å². The number of rotatable bonds is 2. The highest BCUT2D eigenvalue weighted by Gasteiger charge is 2.60. The minimum Gasteiger partial charge on any atom is -0.377 e. The van der Waals surface area contributed by atoms with Crippen molar-refractivity contribution in [3.63, 3.8) is 0 Å². The Morgan fingerprint density at radius 2 is 0.929 bits per heavy atom. The van der Waals surface area contributed by atoms with Crippen molar-refractivity contribution in [3.05, 3.63) is 118 Å². The van der Waals surface area contributed by atoms with Gasteiger partial charge >= 0.3 is 0 Å². The van der Waals surface area contributed by atoms with Gasteiger partial charge in [-0.25, -0.2) is 0 Å². The number of hydrogen-bond donors (Lipinski definition) is 2. The van der Waals surface area contributed by atoms with E-state index in [1.54, 1.807) is 0 Å². The van der Waals surface area contributed by atoms with Crippen LogP contribution in [0.4, 0.5) is 0 Å². The third-order valence-electron chi connectivity index (χ3n) is 6.68. The van der Waals surface area contributed by atoms with Crippen LogP contribution in [0.25, 0.3) is 10.8 Å². The summed E-state index contributed by atoms with van der Waals surface area (Å²) in [7, 11) is 0. The van der Waals surface area contributed by atoms with Gasteiger partial charge in [-0.3, -0.25) is 0 Å². The van der Waals surface area contributed by atoms with E-state index in [0.29, 0.717) is 11.1 Å². The Morgan fingerprint density at radius 1 is 0.500 bits per heavy atom. The van der Waals surface area contributed by atoms with Gasteiger partial charge in [-0.05, 0) is 57.0 Å². The molecule has 4 aromatic rings. The van der Waals surface area contributed by atoms with Gasteiger partial charge in [0, 0.05) is 0 Å². The molecule has 0 amide bonds. The van der Waals surface area contributed by atoms with Gasteiger partial charge in [-0.15, -0.1) is 0 Å². The highest BCUT2D eigenvalue weighted by atomic mass is 16.4. The van der Waals surface area contributed by atoms with Crippen LogP contribution in [0.3, 0.4) is 0 Å². The molecule has 0 bridgehead atoms. The summed E-state index contributed by atoms with van der Waals surface area (Å²) >= 11 is 0. The van der Waals surface area contributed by atoms with E-state index in [1.807, 2.05) is 72.8 Å². The van der Waals surface area contributed by atoms with Crippen LogP contribution in [-0.2, 0) is 24.0 Å². The molecule has 4 aromatic carbocycles. The van der Waals surface area contributed by atoms with Crippen LogP contribution in [0.2, 0.25) is 0 Å². The third-order valence-corrected chi connectivity index (χ3v) is 6.68. The van der Waals surface area contributed by atoms with Crippen molar-refractivity contribution in [2.75, 3.05) is 0 Å². The summed E-state index contributed by atoms with van der Waals surface area (Å²) in [5.74, 6) is 0. The predicted octanol–water partition coefficient (Wildman–Crippen LogP) is 4.42. The van der Waals surface area contributed by atoms with Crippen molar-refractivity contribution < 1.29 is 10.2 Å². The fraction of sp³-hybridized carbons (Fsp3) is 0.154. The van der Waals surface area contributed by atoms with E-state index in [-0.39, 0.29) is 0 Å². The Hall–Kier alpha value is -2.94. The lowest BCUT2D eigenvalue weighted by atomic mass is 9.72. The Labute approximate surface area is 163 Å². The highest BCUT2D eigenvalue weighted by Crippen LogP contribution is 2.59. The summed E-state index contributed by atoms with van der Waals surface area (Å²) in [5, 5.41) is 26.9. The molecule has 0 spiro atoms. The summed E-state index contributed by atoms with van der Waals surface area (Å²) in [6.45, 7) is 0. The fourth-order valence-corrected chi connectivity index (χ4v) is 5.41. The Balaban J connectivity index is 1.80. The zero-order valence-corrected chi connectivity index (χ0v) is 15.4. The lowest BCUT2D eigenvalue weighted by Crippen LogP contribution is -2.47. The molecule has 0 aromatic heterocycles. The van der Waals surface area contributed by atoms with Gasteiger partial charge in [0.1, 0.15) is 0 Å². The lowest BCUT2D eigenvalue weighted by Gasteiger charge is -2.40. The monoisotopic (exact) mass is 364 g/mol. The smallest absolute Gasteiger partial charge is 0.152 e. The van der Waals surface area contributed by atoms with E-state index in [1.165, 1.54) is 16.5 Å². The van der Waals surface area contributed by atoms with Crippen LogP contribution >= 0.6 is 0 Å². The topological polar surface area (TPSA) is 40.5 Å². The van der Waals surface area contributed by atoms with Crippen LogP contribution in [0, 0.1) is 0 Å². The third kappa shape index (κ3) is 1.71. The average Bonchev–Trinajstić information content (AvgIpc) is 3.26. The van der Waals surface area contributed by atoms with Gasteiger partial charge in [0.25, 0.3) is 0 Å². The summed E-state index contributed by atoms with van der Waals surface area (Å²) in [5.41, 5.74) is 2.49. The predicted molar refractivity (Wildman–Crippen MR) is 110 cm³/mol. The van der Waals surface area contributed by atoms with Crippen molar-refractivity contribution in [1.82, 2.24) is 0 Å². The molecule has 0 saturated heterocycles. The second kappa shape index (κ2) is 5.32. The molecule has 136 valence electrons. The van der Waals surface area contributed by atoms with E-state index < -0.39 is 11.2 Å². The van der Waals surface area contributed by atoms with Crippen LogP contribution in [0.5, 0.6) is 0 Å². The van der Waals surface area contributed by atoms with E-state index in [2.05, 4.69) is 12.1 Å². The Kier molecular flexibility index (Phi) is 3.05. The first-order valence-corrected chi connectivity index (χ1v) is 9.80. The standard InChI is InChI=1S/C26H20O2/c27-25(19-7-3-1-4-8-19)21-15-13-17-11-12-18-14-16-22(24(21)23(17)18)26(25,28)20-9-5-2-6-10-20/h1-10,13-16,27-28H,11-12H2. The minimum absolute atomic E-state index is 0.701.